The van der Waals surface area contributed by atoms with E-state index in [0.717, 1.165) is 30.7 Å². The van der Waals surface area contributed by atoms with E-state index >= 15 is 0 Å². The normalized spacial score (nSPS) is 12.6. The van der Waals surface area contributed by atoms with Crippen LogP contribution in [0.2, 0.25) is 0 Å². The lowest BCUT2D eigenvalue weighted by Gasteiger charge is -2.11. The van der Waals surface area contributed by atoms with E-state index in [1.165, 1.54) is 0 Å². The lowest BCUT2D eigenvalue weighted by molar-refractivity contribution is -0.137. The first-order valence-electron chi connectivity index (χ1n) is 6.68. The Kier molecular flexibility index (Phi) is 6.36. The van der Waals surface area contributed by atoms with Crippen LogP contribution in [0.1, 0.15) is 25.3 Å². The Hall–Kier alpha value is -2.09. The van der Waals surface area contributed by atoms with Gasteiger partial charge in [0.2, 0.25) is 0 Å². The van der Waals surface area contributed by atoms with E-state index in [1.54, 1.807) is 0 Å². The van der Waals surface area contributed by atoms with E-state index in [4.69, 9.17) is 0 Å². The third kappa shape index (κ3) is 5.72. The number of nitrogens with one attached hydrogen (secondary N) is 2. The van der Waals surface area contributed by atoms with Gasteiger partial charge in [-0.25, -0.2) is 0 Å². The van der Waals surface area contributed by atoms with E-state index in [9.17, 15) is 27.9 Å². The molecule has 1 atom stereocenters. The number of halogens is 3. The fraction of sp³-hybridized carbons (Fsp3) is 0.429. The summed E-state index contributed by atoms with van der Waals surface area (Å²) in [5.74, 6) is -1.97. The predicted octanol–water partition coefficient (Wildman–Crippen LogP) is 1.92. The fourth-order valence-corrected chi connectivity index (χ4v) is 1.66. The number of rotatable bonds is 5. The average Bonchev–Trinajstić information content (AvgIpc) is 2.44. The molecule has 0 bridgehead atoms. The van der Waals surface area contributed by atoms with Crippen molar-refractivity contribution < 1.29 is 27.9 Å². The molecule has 0 fully saturated rings. The number of anilines is 1. The number of amides is 2. The molecular weight excluding hydrogens is 301 g/mol. The highest BCUT2D eigenvalue weighted by atomic mass is 19.4. The van der Waals surface area contributed by atoms with Crippen molar-refractivity contribution in [3.63, 3.8) is 0 Å². The first kappa shape index (κ1) is 18.0. The molecule has 0 aromatic heterocycles. The third-order valence-corrected chi connectivity index (χ3v) is 2.80. The van der Waals surface area contributed by atoms with Gasteiger partial charge in [0, 0.05) is 12.2 Å². The lowest BCUT2D eigenvalue weighted by Crippen LogP contribution is -2.39. The topological polar surface area (TPSA) is 78.4 Å². The SMILES string of the molecule is CCCC(O)CNC(=O)C(=O)Nc1ccc(C(F)(F)F)cc1. The first-order chi connectivity index (χ1) is 10.2. The van der Waals surface area contributed by atoms with Gasteiger partial charge in [0.25, 0.3) is 0 Å². The summed E-state index contributed by atoms with van der Waals surface area (Å²) in [5.41, 5.74) is -0.778. The Labute approximate surface area is 125 Å². The molecule has 1 aromatic carbocycles. The molecule has 1 aromatic rings. The van der Waals surface area contributed by atoms with Crippen molar-refractivity contribution in [3.05, 3.63) is 29.8 Å². The average molecular weight is 318 g/mol. The smallest absolute Gasteiger partial charge is 0.391 e. The standard InChI is InChI=1S/C14H17F3N2O3/c1-2-3-11(20)8-18-12(21)13(22)19-10-6-4-9(5-7-10)14(15,16)17/h4-7,11,20H,2-3,8H2,1H3,(H,18,21)(H,19,22). The van der Waals surface area contributed by atoms with E-state index in [0.29, 0.717) is 6.42 Å². The molecule has 1 unspecified atom stereocenters. The molecule has 5 nitrogen and oxygen atoms in total. The van der Waals surface area contributed by atoms with Gasteiger partial charge in [0.1, 0.15) is 0 Å². The Bertz CT molecular complexity index is 515. The number of carbonyl (C=O) groups is 2. The zero-order valence-electron chi connectivity index (χ0n) is 11.9. The van der Waals surface area contributed by atoms with Crippen LogP contribution < -0.4 is 10.6 Å². The highest BCUT2D eigenvalue weighted by Gasteiger charge is 2.30. The molecule has 22 heavy (non-hydrogen) atoms. The number of benzene rings is 1. The van der Waals surface area contributed by atoms with Crippen molar-refractivity contribution in [2.45, 2.75) is 32.0 Å². The van der Waals surface area contributed by atoms with Crippen LogP contribution in [-0.2, 0) is 15.8 Å². The minimum atomic E-state index is -4.46. The number of hydrogen-bond acceptors (Lipinski definition) is 3. The van der Waals surface area contributed by atoms with E-state index < -0.39 is 29.7 Å². The lowest BCUT2D eigenvalue weighted by atomic mass is 10.2. The zero-order valence-corrected chi connectivity index (χ0v) is 11.9. The fourth-order valence-electron chi connectivity index (χ4n) is 1.66. The van der Waals surface area contributed by atoms with Crippen molar-refractivity contribution in [1.29, 1.82) is 0 Å². The van der Waals surface area contributed by atoms with Crippen molar-refractivity contribution in [3.8, 4) is 0 Å². The highest BCUT2D eigenvalue weighted by Crippen LogP contribution is 2.29. The maximum atomic E-state index is 12.4. The van der Waals surface area contributed by atoms with Gasteiger partial charge in [0.05, 0.1) is 11.7 Å². The summed E-state index contributed by atoms with van der Waals surface area (Å²) < 4.78 is 37.1. The Morgan fingerprint density at radius 3 is 2.27 bits per heavy atom. The summed E-state index contributed by atoms with van der Waals surface area (Å²) >= 11 is 0. The summed E-state index contributed by atoms with van der Waals surface area (Å²) in [6.07, 6.45) is -3.99. The molecule has 0 aliphatic heterocycles. The minimum Gasteiger partial charge on any atom is -0.391 e. The zero-order chi connectivity index (χ0) is 16.8. The summed E-state index contributed by atoms with van der Waals surface area (Å²) in [5, 5.41) is 13.8. The van der Waals surface area contributed by atoms with Gasteiger partial charge in [-0.2, -0.15) is 13.2 Å². The predicted molar refractivity (Wildman–Crippen MR) is 74.0 cm³/mol. The molecule has 122 valence electrons. The van der Waals surface area contributed by atoms with Crippen LogP contribution in [0, 0.1) is 0 Å². The molecule has 2 amide bonds. The van der Waals surface area contributed by atoms with Crippen LogP contribution in [0.5, 0.6) is 0 Å². The maximum Gasteiger partial charge on any atom is 0.416 e. The van der Waals surface area contributed by atoms with Crippen LogP contribution >= 0.6 is 0 Å². The second-order valence-corrected chi connectivity index (χ2v) is 4.68. The van der Waals surface area contributed by atoms with Crippen molar-refractivity contribution >= 4 is 17.5 Å². The van der Waals surface area contributed by atoms with Gasteiger partial charge in [-0.3, -0.25) is 9.59 Å². The summed E-state index contributed by atoms with van der Waals surface area (Å²) in [6, 6.07) is 3.72. The second kappa shape index (κ2) is 7.79. The number of hydrogen-bond donors (Lipinski definition) is 3. The first-order valence-corrected chi connectivity index (χ1v) is 6.68. The molecule has 8 heteroatoms. The van der Waals surface area contributed by atoms with Crippen LogP contribution in [-0.4, -0.2) is 29.6 Å². The summed E-state index contributed by atoms with van der Waals surface area (Å²) in [7, 11) is 0. The van der Waals surface area contributed by atoms with Crippen molar-refractivity contribution in [2.24, 2.45) is 0 Å². The number of aliphatic hydroxyl groups excluding tert-OH is 1. The second-order valence-electron chi connectivity index (χ2n) is 4.68. The molecular formula is C14H17F3N2O3. The quantitative estimate of drug-likeness (QED) is 0.726. The van der Waals surface area contributed by atoms with E-state index in [2.05, 4.69) is 10.6 Å². The monoisotopic (exact) mass is 318 g/mol. The summed E-state index contributed by atoms with van der Waals surface area (Å²) in [4.78, 5) is 23.0. The van der Waals surface area contributed by atoms with Crippen LogP contribution in [0.4, 0.5) is 18.9 Å². The Morgan fingerprint density at radius 1 is 1.18 bits per heavy atom. The van der Waals surface area contributed by atoms with Gasteiger partial charge in [-0.15, -0.1) is 0 Å². The molecule has 0 aliphatic rings. The van der Waals surface area contributed by atoms with Gasteiger partial charge in [-0.1, -0.05) is 13.3 Å². The number of alkyl halides is 3. The molecule has 0 aliphatic carbocycles. The van der Waals surface area contributed by atoms with Crippen LogP contribution in [0.15, 0.2) is 24.3 Å². The molecule has 0 saturated carbocycles. The summed E-state index contributed by atoms with van der Waals surface area (Å²) in [6.45, 7) is 1.80. The van der Waals surface area contributed by atoms with Crippen LogP contribution in [0.3, 0.4) is 0 Å². The Balaban J connectivity index is 2.52. The molecule has 0 radical (unpaired) electrons. The largest absolute Gasteiger partial charge is 0.416 e. The molecule has 0 saturated heterocycles. The van der Waals surface area contributed by atoms with Gasteiger partial charge < -0.3 is 15.7 Å². The number of carbonyl (C=O) groups excluding carboxylic acids is 2. The third-order valence-electron chi connectivity index (χ3n) is 2.80. The van der Waals surface area contributed by atoms with Crippen molar-refractivity contribution in [2.75, 3.05) is 11.9 Å². The Morgan fingerprint density at radius 2 is 1.77 bits per heavy atom. The molecule has 0 spiro atoms. The van der Waals surface area contributed by atoms with Gasteiger partial charge in [-0.05, 0) is 30.7 Å². The van der Waals surface area contributed by atoms with Gasteiger partial charge >= 0.3 is 18.0 Å². The van der Waals surface area contributed by atoms with Gasteiger partial charge in [0.15, 0.2) is 0 Å². The molecule has 3 N–H and O–H groups in total. The van der Waals surface area contributed by atoms with Crippen LogP contribution in [0.25, 0.3) is 0 Å². The molecule has 1 rings (SSSR count). The van der Waals surface area contributed by atoms with E-state index in [1.807, 2.05) is 6.92 Å². The number of aliphatic hydroxyl groups is 1. The maximum absolute atomic E-state index is 12.4. The molecule has 0 heterocycles. The van der Waals surface area contributed by atoms with Crippen molar-refractivity contribution in [1.82, 2.24) is 5.32 Å². The minimum absolute atomic E-state index is 0.0624. The highest BCUT2D eigenvalue weighted by molar-refractivity contribution is 6.39. The van der Waals surface area contributed by atoms with E-state index in [-0.39, 0.29) is 12.2 Å².